The van der Waals surface area contributed by atoms with E-state index in [2.05, 4.69) is 23.6 Å². The number of hydrogen-bond donors (Lipinski definition) is 0. The van der Waals surface area contributed by atoms with Crippen LogP contribution in [0.4, 0.5) is 0 Å². The molecule has 3 aromatic rings. The van der Waals surface area contributed by atoms with Crippen molar-refractivity contribution in [2.75, 3.05) is 0 Å². The Kier molecular flexibility index (Phi) is 3.78. The van der Waals surface area contributed by atoms with Gasteiger partial charge in [-0.3, -0.25) is 0 Å². The molecule has 0 N–H and O–H groups in total. The van der Waals surface area contributed by atoms with Crippen molar-refractivity contribution in [3.05, 3.63) is 55.1 Å². The second kappa shape index (κ2) is 5.31. The predicted molar refractivity (Wildman–Crippen MR) is 61.8 cm³/mol. The van der Waals surface area contributed by atoms with Gasteiger partial charge >= 0.3 is 20.4 Å². The molecular weight excluding hydrogens is 305 g/mol. The van der Waals surface area contributed by atoms with Crippen LogP contribution in [-0.2, 0) is 33.5 Å². The molecule has 0 fully saturated rings. The Bertz CT molecular complexity index is 584. The summed E-state index contributed by atoms with van der Waals surface area (Å²) >= 11 is 0. The third kappa shape index (κ3) is 2.49. The zero-order valence-corrected chi connectivity index (χ0v) is 10.7. The Labute approximate surface area is 114 Å². The number of hydrogen-bond acceptors (Lipinski definition) is 1. The quantitative estimate of drug-likeness (QED) is 0.536. The van der Waals surface area contributed by atoms with Crippen LogP contribution in [0.2, 0.25) is 0 Å². The average Bonchev–Trinajstić information content (AvgIpc) is 2.96. The summed E-state index contributed by atoms with van der Waals surface area (Å²) in [6.45, 7) is 1.76. The minimum atomic E-state index is 0. The topological polar surface area (TPSA) is 22.8 Å². The van der Waals surface area contributed by atoms with E-state index >= 15 is 0 Å². The summed E-state index contributed by atoms with van der Waals surface area (Å²) in [6, 6.07) is 12.0. The maximum absolute atomic E-state index is 4.24. The third-order valence-electron chi connectivity index (χ3n) is 2.63. The third-order valence-corrected chi connectivity index (χ3v) is 2.63. The maximum Gasteiger partial charge on any atom is 2.00 e. The Morgan fingerprint density at radius 1 is 1.12 bits per heavy atom. The molecule has 0 saturated heterocycles. The molecule has 88 valence electrons. The summed E-state index contributed by atoms with van der Waals surface area (Å²) in [5, 5.41) is 0. The molecule has 0 aliphatic rings. The molecule has 0 aliphatic carbocycles. The standard InChI is InChI=1S/C13H11N3.Pd/c1-2-6-13-12(5-1)14-11-16(13)10-9-15-7-3-4-8-15;/h1-7H,9-10H2;/q-2;+2. The Hall–Kier alpha value is -1.37. The van der Waals surface area contributed by atoms with Crippen LogP contribution in [0.15, 0.2) is 42.6 Å². The van der Waals surface area contributed by atoms with Crippen molar-refractivity contribution in [3.63, 3.8) is 0 Å². The largest absolute Gasteiger partial charge is 2.00 e. The first-order chi connectivity index (χ1) is 7.93. The fourth-order valence-electron chi connectivity index (χ4n) is 1.80. The van der Waals surface area contributed by atoms with E-state index in [-0.39, 0.29) is 20.4 Å². The van der Waals surface area contributed by atoms with Crippen molar-refractivity contribution in [2.45, 2.75) is 13.1 Å². The Balaban J connectivity index is 0.00000108. The smallest absolute Gasteiger partial charge is 0.470 e. The molecule has 0 bridgehead atoms. The Morgan fingerprint density at radius 3 is 2.82 bits per heavy atom. The van der Waals surface area contributed by atoms with Gasteiger partial charge in [0.1, 0.15) is 0 Å². The molecule has 0 unspecified atom stereocenters. The van der Waals surface area contributed by atoms with Gasteiger partial charge in [0.15, 0.2) is 0 Å². The van der Waals surface area contributed by atoms with E-state index in [0.717, 1.165) is 24.1 Å². The average molecular weight is 316 g/mol. The van der Waals surface area contributed by atoms with E-state index in [1.54, 1.807) is 0 Å². The van der Waals surface area contributed by atoms with Crippen molar-refractivity contribution >= 4 is 11.0 Å². The van der Waals surface area contributed by atoms with E-state index in [4.69, 9.17) is 0 Å². The summed E-state index contributed by atoms with van der Waals surface area (Å²) in [5.74, 6) is 0. The van der Waals surface area contributed by atoms with Crippen molar-refractivity contribution < 1.29 is 20.4 Å². The van der Waals surface area contributed by atoms with Gasteiger partial charge in [-0.15, -0.1) is 24.5 Å². The van der Waals surface area contributed by atoms with Gasteiger partial charge in [-0.05, 0) is 0 Å². The second-order valence-corrected chi connectivity index (χ2v) is 3.68. The van der Waals surface area contributed by atoms with Gasteiger partial charge in [0.05, 0.1) is 0 Å². The maximum atomic E-state index is 4.24. The van der Waals surface area contributed by atoms with Crippen molar-refractivity contribution in [2.24, 2.45) is 0 Å². The fourth-order valence-corrected chi connectivity index (χ4v) is 1.80. The van der Waals surface area contributed by atoms with Gasteiger partial charge in [0.25, 0.3) is 0 Å². The van der Waals surface area contributed by atoms with Gasteiger partial charge in [0, 0.05) is 19.4 Å². The van der Waals surface area contributed by atoms with Crippen LogP contribution in [0.5, 0.6) is 0 Å². The molecule has 4 heteroatoms. The Morgan fingerprint density at radius 2 is 2.00 bits per heavy atom. The van der Waals surface area contributed by atoms with E-state index in [0.29, 0.717) is 0 Å². The van der Waals surface area contributed by atoms with E-state index in [9.17, 15) is 0 Å². The number of aryl methyl sites for hydroxylation is 2. The second-order valence-electron chi connectivity index (χ2n) is 3.68. The summed E-state index contributed by atoms with van der Waals surface area (Å²) in [7, 11) is 0. The van der Waals surface area contributed by atoms with Gasteiger partial charge in [-0.25, -0.2) is 0 Å². The molecule has 2 heterocycles. The van der Waals surface area contributed by atoms with Gasteiger partial charge < -0.3 is 14.1 Å². The number of para-hydroxylation sites is 2. The van der Waals surface area contributed by atoms with Crippen LogP contribution < -0.4 is 0 Å². The van der Waals surface area contributed by atoms with E-state index < -0.39 is 0 Å². The van der Waals surface area contributed by atoms with E-state index in [1.165, 1.54) is 0 Å². The SMILES string of the molecule is [Pd+2].[c-]1cccn1CCn1[c-]nc2ccccc21. The number of fused-ring (bicyclic) bond motifs is 1. The first kappa shape index (κ1) is 12.1. The molecule has 3 rings (SSSR count). The van der Waals surface area contributed by atoms with Crippen molar-refractivity contribution in [1.82, 2.24) is 14.1 Å². The summed E-state index contributed by atoms with van der Waals surface area (Å²) in [5.41, 5.74) is 2.13. The zero-order chi connectivity index (χ0) is 10.8. The van der Waals surface area contributed by atoms with Gasteiger partial charge in [-0.1, -0.05) is 23.2 Å². The van der Waals surface area contributed by atoms with Gasteiger partial charge in [0.2, 0.25) is 0 Å². The molecule has 0 radical (unpaired) electrons. The van der Waals surface area contributed by atoms with Gasteiger partial charge in [-0.2, -0.15) is 12.1 Å². The molecule has 17 heavy (non-hydrogen) atoms. The van der Waals surface area contributed by atoms with E-state index in [1.807, 2.05) is 45.7 Å². The predicted octanol–water partition coefficient (Wildman–Crippen LogP) is 2.14. The minimum Gasteiger partial charge on any atom is -0.470 e. The monoisotopic (exact) mass is 315 g/mol. The normalized spacial score (nSPS) is 10.4. The van der Waals surface area contributed by atoms with Crippen LogP contribution in [0.1, 0.15) is 0 Å². The molecule has 0 saturated carbocycles. The number of rotatable bonds is 3. The van der Waals surface area contributed by atoms with Crippen LogP contribution >= 0.6 is 0 Å². The minimum absolute atomic E-state index is 0. The van der Waals surface area contributed by atoms with Crippen LogP contribution in [-0.4, -0.2) is 14.1 Å². The first-order valence-corrected chi connectivity index (χ1v) is 5.29. The molecule has 0 aliphatic heterocycles. The van der Waals surface area contributed by atoms with Crippen molar-refractivity contribution in [3.8, 4) is 0 Å². The number of imidazole rings is 1. The molecule has 0 spiro atoms. The molecule has 2 aromatic heterocycles. The molecule has 1 aromatic carbocycles. The van der Waals surface area contributed by atoms with Crippen molar-refractivity contribution in [1.29, 1.82) is 0 Å². The zero-order valence-electron chi connectivity index (χ0n) is 9.11. The first-order valence-electron chi connectivity index (χ1n) is 5.29. The van der Waals surface area contributed by atoms with Crippen LogP contribution in [0.25, 0.3) is 11.0 Å². The fraction of sp³-hybridized carbons (Fsp3) is 0.154. The number of benzene rings is 1. The van der Waals surface area contributed by atoms with Crippen LogP contribution in [0, 0.1) is 12.5 Å². The summed E-state index contributed by atoms with van der Waals surface area (Å²) < 4.78 is 4.08. The molecule has 0 amide bonds. The molecule has 3 nitrogen and oxygen atoms in total. The van der Waals surface area contributed by atoms with Crippen LogP contribution in [0.3, 0.4) is 0 Å². The molecule has 0 atom stereocenters. The summed E-state index contributed by atoms with van der Waals surface area (Å²) in [4.78, 5) is 4.24. The number of aromatic nitrogens is 3. The molecular formula is C13H11N3Pd. The number of nitrogens with zero attached hydrogens (tertiary/aromatic N) is 3. The summed E-state index contributed by atoms with van der Waals surface area (Å²) in [6.07, 6.45) is 8.15.